The molecular weight excluding hydrogens is 313 g/mol. The van der Waals surface area contributed by atoms with Gasteiger partial charge in [0, 0.05) is 11.6 Å². The van der Waals surface area contributed by atoms with E-state index >= 15 is 0 Å². The number of carboxylic acid groups (broad SMARTS) is 1. The smallest absolute Gasteiger partial charge is 0.335 e. The van der Waals surface area contributed by atoms with Gasteiger partial charge in [-0.05, 0) is 12.1 Å². The molecule has 1 atom stereocenters. The Kier molecular flexibility index (Phi) is 4.04. The van der Waals surface area contributed by atoms with Crippen molar-refractivity contribution in [3.63, 3.8) is 0 Å². The number of carboxylic acids is 1. The summed E-state index contributed by atoms with van der Waals surface area (Å²) in [5.74, 6) is -5.44. The molecule has 1 unspecified atom stereocenters. The molecule has 0 radical (unpaired) electrons. The van der Waals surface area contributed by atoms with E-state index in [9.17, 15) is 18.0 Å². The fourth-order valence-corrected chi connectivity index (χ4v) is 2.18. The minimum absolute atomic E-state index is 0.0373. The molecule has 1 aromatic rings. The Bertz CT molecular complexity index is 616. The fraction of sp³-hybridized carbons (Fsp3) is 0.308. The number of carbonyl (C=O) groups is 1. The molecule has 1 N–H and O–H groups in total. The SMILES string of the molecule is COc1cc(Cl)c2c(c1)C=C(C(=O)O)C(C(F)(F)CF)O2. The zero-order chi connectivity index (χ0) is 15.8. The van der Waals surface area contributed by atoms with Crippen molar-refractivity contribution < 1.29 is 32.5 Å². The fourth-order valence-electron chi connectivity index (χ4n) is 1.92. The first-order chi connectivity index (χ1) is 9.80. The average molecular weight is 323 g/mol. The predicted octanol–water partition coefficient (Wildman–Crippen LogP) is 3.18. The first kappa shape index (κ1) is 15.5. The third-order valence-electron chi connectivity index (χ3n) is 2.92. The predicted molar refractivity (Wildman–Crippen MR) is 69.0 cm³/mol. The van der Waals surface area contributed by atoms with E-state index in [2.05, 4.69) is 0 Å². The van der Waals surface area contributed by atoms with E-state index in [1.807, 2.05) is 0 Å². The maximum absolute atomic E-state index is 13.5. The molecule has 1 aliphatic rings. The van der Waals surface area contributed by atoms with Crippen LogP contribution in [0.15, 0.2) is 17.7 Å². The summed E-state index contributed by atoms with van der Waals surface area (Å²) in [5.41, 5.74) is -0.586. The topological polar surface area (TPSA) is 55.8 Å². The molecule has 0 fully saturated rings. The highest BCUT2D eigenvalue weighted by Crippen LogP contribution is 2.42. The van der Waals surface area contributed by atoms with Crippen molar-refractivity contribution in [2.24, 2.45) is 0 Å². The Morgan fingerprint density at radius 1 is 1.52 bits per heavy atom. The minimum Gasteiger partial charge on any atom is -0.497 e. The van der Waals surface area contributed by atoms with Gasteiger partial charge in [0.15, 0.2) is 12.8 Å². The van der Waals surface area contributed by atoms with E-state index in [0.29, 0.717) is 5.75 Å². The number of halogens is 4. The molecule has 1 heterocycles. The minimum atomic E-state index is -3.98. The second-order valence-corrected chi connectivity index (χ2v) is 4.73. The third kappa shape index (κ3) is 2.78. The molecule has 0 amide bonds. The van der Waals surface area contributed by atoms with E-state index < -0.39 is 30.2 Å². The number of ether oxygens (including phenoxy) is 2. The average Bonchev–Trinajstić information content (AvgIpc) is 2.45. The monoisotopic (exact) mass is 322 g/mol. The van der Waals surface area contributed by atoms with Gasteiger partial charge in [-0.15, -0.1) is 0 Å². The van der Waals surface area contributed by atoms with Crippen molar-refractivity contribution in [3.05, 3.63) is 28.3 Å². The molecule has 1 aromatic carbocycles. The number of hydrogen-bond donors (Lipinski definition) is 1. The quantitative estimate of drug-likeness (QED) is 0.925. The third-order valence-corrected chi connectivity index (χ3v) is 3.20. The largest absolute Gasteiger partial charge is 0.497 e. The van der Waals surface area contributed by atoms with Gasteiger partial charge in [-0.25, -0.2) is 9.18 Å². The highest BCUT2D eigenvalue weighted by Gasteiger charge is 2.48. The van der Waals surface area contributed by atoms with Gasteiger partial charge in [-0.2, -0.15) is 8.78 Å². The van der Waals surface area contributed by atoms with Crippen LogP contribution in [0.2, 0.25) is 5.02 Å². The number of rotatable bonds is 4. The van der Waals surface area contributed by atoms with E-state index in [1.54, 1.807) is 0 Å². The molecule has 1 aliphatic heterocycles. The van der Waals surface area contributed by atoms with Crippen LogP contribution in [0, 0.1) is 0 Å². The molecule has 0 bridgehead atoms. The van der Waals surface area contributed by atoms with Crippen molar-refractivity contribution >= 4 is 23.6 Å². The summed E-state index contributed by atoms with van der Waals surface area (Å²) in [6.07, 6.45) is -1.28. The molecule has 8 heteroatoms. The summed E-state index contributed by atoms with van der Waals surface area (Å²) in [6, 6.07) is 2.71. The van der Waals surface area contributed by atoms with Crippen LogP contribution in [-0.2, 0) is 4.79 Å². The second kappa shape index (κ2) is 5.48. The van der Waals surface area contributed by atoms with Crippen LogP contribution in [0.25, 0.3) is 6.08 Å². The van der Waals surface area contributed by atoms with Gasteiger partial charge >= 0.3 is 11.9 Å². The number of benzene rings is 1. The summed E-state index contributed by atoms with van der Waals surface area (Å²) >= 11 is 5.89. The second-order valence-electron chi connectivity index (χ2n) is 4.32. The normalized spacial score (nSPS) is 17.6. The standard InChI is InChI=1S/C13H10ClF3O4/c1-20-7-2-6-3-8(12(18)19)11(13(16,17)5-15)21-10(6)9(14)4-7/h2-4,11H,5H2,1H3,(H,18,19). The zero-order valence-corrected chi connectivity index (χ0v) is 11.5. The van der Waals surface area contributed by atoms with Crippen LogP contribution in [0.4, 0.5) is 13.2 Å². The van der Waals surface area contributed by atoms with Crippen LogP contribution < -0.4 is 9.47 Å². The number of alkyl halides is 3. The maximum atomic E-state index is 13.5. The van der Waals surface area contributed by atoms with Crippen LogP contribution in [0.1, 0.15) is 5.56 Å². The highest BCUT2D eigenvalue weighted by molar-refractivity contribution is 6.32. The first-order valence-electron chi connectivity index (χ1n) is 5.73. The molecule has 2 rings (SSSR count). The molecule has 4 nitrogen and oxygen atoms in total. The van der Waals surface area contributed by atoms with Crippen molar-refractivity contribution in [2.45, 2.75) is 12.0 Å². The summed E-state index contributed by atoms with van der Waals surface area (Å²) in [5, 5.41) is 8.98. The van der Waals surface area contributed by atoms with E-state index in [0.717, 1.165) is 6.08 Å². The van der Waals surface area contributed by atoms with Gasteiger partial charge in [0.05, 0.1) is 17.7 Å². The summed E-state index contributed by atoms with van der Waals surface area (Å²) in [6.45, 7) is -2.05. The number of aliphatic carboxylic acids is 1. The maximum Gasteiger partial charge on any atom is 0.335 e. The lowest BCUT2D eigenvalue weighted by Crippen LogP contribution is -2.44. The van der Waals surface area contributed by atoms with Crippen molar-refractivity contribution in [1.82, 2.24) is 0 Å². The van der Waals surface area contributed by atoms with Crippen LogP contribution in [-0.4, -0.2) is 36.9 Å². The van der Waals surface area contributed by atoms with Crippen LogP contribution >= 0.6 is 11.6 Å². The lowest BCUT2D eigenvalue weighted by Gasteiger charge is -2.30. The van der Waals surface area contributed by atoms with Gasteiger partial charge in [0.2, 0.25) is 0 Å². The zero-order valence-electron chi connectivity index (χ0n) is 10.7. The molecule has 0 spiro atoms. The Hall–Kier alpha value is -1.89. The number of fused-ring (bicyclic) bond motifs is 1. The molecule has 0 aromatic heterocycles. The van der Waals surface area contributed by atoms with Crippen LogP contribution in [0.5, 0.6) is 11.5 Å². The summed E-state index contributed by atoms with van der Waals surface area (Å²) < 4.78 is 49.5. The highest BCUT2D eigenvalue weighted by atomic mass is 35.5. The number of methoxy groups -OCH3 is 1. The van der Waals surface area contributed by atoms with E-state index in [1.165, 1.54) is 19.2 Å². The Balaban J connectivity index is 2.58. The van der Waals surface area contributed by atoms with Gasteiger partial charge < -0.3 is 14.6 Å². The summed E-state index contributed by atoms with van der Waals surface area (Å²) in [7, 11) is 1.36. The van der Waals surface area contributed by atoms with Crippen molar-refractivity contribution in [3.8, 4) is 11.5 Å². The van der Waals surface area contributed by atoms with Gasteiger partial charge in [-0.1, -0.05) is 11.6 Å². The number of hydrogen-bond acceptors (Lipinski definition) is 3. The Labute approximate surface area is 122 Å². The van der Waals surface area contributed by atoms with Gasteiger partial charge in [-0.3, -0.25) is 0 Å². The first-order valence-corrected chi connectivity index (χ1v) is 6.11. The van der Waals surface area contributed by atoms with Crippen molar-refractivity contribution in [2.75, 3.05) is 13.8 Å². The lowest BCUT2D eigenvalue weighted by molar-refractivity contribution is -0.139. The molecule has 0 aliphatic carbocycles. The van der Waals surface area contributed by atoms with Crippen molar-refractivity contribution in [1.29, 1.82) is 0 Å². The lowest BCUT2D eigenvalue weighted by atomic mass is 9.97. The Morgan fingerprint density at radius 3 is 2.71 bits per heavy atom. The molecular formula is C13H10ClF3O4. The molecule has 114 valence electrons. The molecule has 0 saturated heterocycles. The van der Waals surface area contributed by atoms with E-state index in [4.69, 9.17) is 26.2 Å². The molecule has 0 saturated carbocycles. The van der Waals surface area contributed by atoms with Gasteiger partial charge in [0.1, 0.15) is 11.5 Å². The Morgan fingerprint density at radius 2 is 2.19 bits per heavy atom. The van der Waals surface area contributed by atoms with Gasteiger partial charge in [0.25, 0.3) is 0 Å². The van der Waals surface area contributed by atoms with E-state index in [-0.39, 0.29) is 16.3 Å². The summed E-state index contributed by atoms with van der Waals surface area (Å²) in [4.78, 5) is 11.1. The molecule has 21 heavy (non-hydrogen) atoms. The van der Waals surface area contributed by atoms with Crippen LogP contribution in [0.3, 0.4) is 0 Å².